The number of ether oxygens (including phenoxy) is 6. The molecule has 1 aromatic carbocycles. The van der Waals surface area contributed by atoms with Crippen LogP contribution in [0, 0.1) is 0 Å². The maximum Gasteiger partial charge on any atom is 0.273 e. The zero-order valence-corrected chi connectivity index (χ0v) is 14.0. The first kappa shape index (κ1) is 15.1. The molecular weight excluding hydrogens is 324 g/mol. The predicted molar refractivity (Wildman–Crippen MR) is 84.6 cm³/mol. The average Bonchev–Trinajstić information content (AvgIpc) is 3.09. The van der Waals surface area contributed by atoms with Crippen LogP contribution in [0.15, 0.2) is 30.3 Å². The highest BCUT2D eigenvalue weighted by atomic mass is 16.9. The zero-order chi connectivity index (χ0) is 16.5. The van der Waals surface area contributed by atoms with Crippen molar-refractivity contribution in [3.8, 4) is 0 Å². The fourth-order valence-corrected chi connectivity index (χ4v) is 5.31. The lowest BCUT2D eigenvalue weighted by atomic mass is 9.62. The molecule has 6 aliphatic rings. The van der Waals surface area contributed by atoms with Gasteiger partial charge in [0, 0.05) is 13.0 Å². The molecule has 25 heavy (non-hydrogen) atoms. The molecule has 0 unspecified atom stereocenters. The van der Waals surface area contributed by atoms with Crippen LogP contribution in [0.4, 0.5) is 0 Å². The van der Waals surface area contributed by atoms with Crippen molar-refractivity contribution in [2.45, 2.75) is 68.0 Å². The standard InChI is InChI=1S/C19H22O6/c1-2-5-12(6-3-1)11-20-13-14-18(7-4-9-21-18)16-19(8-10-22-19)15(13)24-17(23-14)25-16/h1-3,5-6,13-17H,4,7-11H2/t13-,14-,15-,16+,17+,18-,19-/m1/s1. The summed E-state index contributed by atoms with van der Waals surface area (Å²) in [5, 5.41) is 0. The summed E-state index contributed by atoms with van der Waals surface area (Å²) in [6, 6.07) is 10.2. The van der Waals surface area contributed by atoms with Crippen molar-refractivity contribution < 1.29 is 28.4 Å². The zero-order valence-electron chi connectivity index (χ0n) is 14.0. The predicted octanol–water partition coefficient (Wildman–Crippen LogP) is 1.76. The van der Waals surface area contributed by atoms with E-state index in [0.717, 1.165) is 38.0 Å². The van der Waals surface area contributed by atoms with Crippen molar-refractivity contribution in [2.75, 3.05) is 13.2 Å². The molecule has 134 valence electrons. The van der Waals surface area contributed by atoms with Crippen LogP contribution in [0.5, 0.6) is 0 Å². The van der Waals surface area contributed by atoms with Crippen molar-refractivity contribution in [1.82, 2.24) is 0 Å². The molecule has 1 aliphatic carbocycles. The Balaban J connectivity index is 1.35. The van der Waals surface area contributed by atoms with Crippen LogP contribution >= 0.6 is 0 Å². The van der Waals surface area contributed by atoms with Crippen LogP contribution in [0.25, 0.3) is 0 Å². The second kappa shape index (κ2) is 5.25. The molecule has 0 amide bonds. The lowest BCUT2D eigenvalue weighted by Crippen LogP contribution is -2.87. The minimum atomic E-state index is -0.624. The molecule has 7 atom stereocenters. The van der Waals surface area contributed by atoms with Gasteiger partial charge in [0.1, 0.15) is 35.6 Å². The lowest BCUT2D eigenvalue weighted by Gasteiger charge is -2.69. The first-order valence-corrected chi connectivity index (χ1v) is 9.22. The monoisotopic (exact) mass is 346 g/mol. The van der Waals surface area contributed by atoms with Gasteiger partial charge in [-0.3, -0.25) is 0 Å². The average molecular weight is 346 g/mol. The topological polar surface area (TPSA) is 55.4 Å². The first-order chi connectivity index (χ1) is 12.3. The highest BCUT2D eigenvalue weighted by molar-refractivity contribution is 5.24. The van der Waals surface area contributed by atoms with Gasteiger partial charge in [-0.2, -0.15) is 0 Å². The third-order valence-corrected chi connectivity index (χ3v) is 6.44. The molecule has 6 fully saturated rings. The van der Waals surface area contributed by atoms with Crippen LogP contribution in [0.1, 0.15) is 24.8 Å². The lowest BCUT2D eigenvalue weighted by molar-refractivity contribution is -0.535. The normalized spacial score (nSPS) is 49.8. The van der Waals surface area contributed by atoms with E-state index in [9.17, 15) is 0 Å². The van der Waals surface area contributed by atoms with E-state index >= 15 is 0 Å². The summed E-state index contributed by atoms with van der Waals surface area (Å²) in [6.07, 6.45) is 2.16. The van der Waals surface area contributed by atoms with Crippen molar-refractivity contribution >= 4 is 0 Å². The van der Waals surface area contributed by atoms with Gasteiger partial charge in [0.2, 0.25) is 0 Å². The van der Waals surface area contributed by atoms with Crippen LogP contribution in [0.3, 0.4) is 0 Å². The number of rotatable bonds is 3. The Labute approximate surface area is 146 Å². The number of hydrogen-bond acceptors (Lipinski definition) is 6. The van der Waals surface area contributed by atoms with Crippen LogP contribution in [-0.4, -0.2) is 55.3 Å². The second-order valence-corrected chi connectivity index (χ2v) is 7.64. The van der Waals surface area contributed by atoms with Crippen LogP contribution in [-0.2, 0) is 35.0 Å². The third-order valence-electron chi connectivity index (χ3n) is 6.44. The van der Waals surface area contributed by atoms with Gasteiger partial charge >= 0.3 is 0 Å². The summed E-state index contributed by atoms with van der Waals surface area (Å²) in [6.45, 7) is 1.36. The molecule has 0 aromatic heterocycles. The van der Waals surface area contributed by atoms with Gasteiger partial charge in [-0.05, 0) is 18.4 Å². The molecular formula is C19H22O6. The van der Waals surface area contributed by atoms with Crippen molar-refractivity contribution in [3.63, 3.8) is 0 Å². The Bertz CT molecular complexity index is 653. The molecule has 1 aromatic rings. The molecule has 2 spiro atoms. The highest BCUT2D eigenvalue weighted by Gasteiger charge is 2.78. The molecule has 6 heteroatoms. The molecule has 7 rings (SSSR count). The van der Waals surface area contributed by atoms with E-state index in [1.165, 1.54) is 0 Å². The molecule has 0 radical (unpaired) electrons. The first-order valence-electron chi connectivity index (χ1n) is 9.22. The molecule has 4 bridgehead atoms. The molecule has 5 saturated heterocycles. The largest absolute Gasteiger partial charge is 0.369 e. The van der Waals surface area contributed by atoms with E-state index in [1.54, 1.807) is 0 Å². The summed E-state index contributed by atoms with van der Waals surface area (Å²) < 4.78 is 36.9. The SMILES string of the molecule is c1ccc(CO[C@@H]2[C@H]3O[C@@H]4O[C@@H]([C@@]35CCCO5)[C@@]3(CCO3)[C@@H]2O4)cc1. The highest BCUT2D eigenvalue weighted by Crippen LogP contribution is 2.59. The van der Waals surface area contributed by atoms with Crippen molar-refractivity contribution in [3.05, 3.63) is 35.9 Å². The van der Waals surface area contributed by atoms with E-state index < -0.39 is 17.7 Å². The van der Waals surface area contributed by atoms with E-state index in [1.807, 2.05) is 18.2 Å². The fourth-order valence-electron chi connectivity index (χ4n) is 5.31. The van der Waals surface area contributed by atoms with Gasteiger partial charge < -0.3 is 28.4 Å². The number of hydrogen-bond donors (Lipinski definition) is 0. The Morgan fingerprint density at radius 2 is 1.64 bits per heavy atom. The van der Waals surface area contributed by atoms with Gasteiger partial charge in [0.15, 0.2) is 0 Å². The number of benzene rings is 1. The molecule has 5 aliphatic heterocycles. The van der Waals surface area contributed by atoms with Gasteiger partial charge in [-0.25, -0.2) is 0 Å². The van der Waals surface area contributed by atoms with Crippen LogP contribution in [0.2, 0.25) is 0 Å². The maximum absolute atomic E-state index is 6.36. The second-order valence-electron chi connectivity index (χ2n) is 7.64. The molecule has 6 nitrogen and oxygen atoms in total. The van der Waals surface area contributed by atoms with Gasteiger partial charge in [-0.1, -0.05) is 30.3 Å². The Kier molecular flexibility index (Phi) is 3.17. The maximum atomic E-state index is 6.36. The summed E-state index contributed by atoms with van der Waals surface area (Å²) in [5.74, 6) is 0. The Hall–Kier alpha value is -1.02. The quantitative estimate of drug-likeness (QED) is 0.831. The Morgan fingerprint density at radius 3 is 2.28 bits per heavy atom. The van der Waals surface area contributed by atoms with Crippen molar-refractivity contribution in [1.29, 1.82) is 0 Å². The molecule has 1 saturated carbocycles. The molecule has 0 N–H and O–H groups in total. The van der Waals surface area contributed by atoms with E-state index in [0.29, 0.717) is 6.61 Å². The van der Waals surface area contributed by atoms with Gasteiger partial charge in [-0.15, -0.1) is 0 Å². The fraction of sp³-hybridized carbons (Fsp3) is 0.684. The summed E-state index contributed by atoms with van der Waals surface area (Å²) >= 11 is 0. The van der Waals surface area contributed by atoms with E-state index in [-0.39, 0.29) is 24.4 Å². The van der Waals surface area contributed by atoms with Crippen molar-refractivity contribution in [2.24, 2.45) is 0 Å². The summed E-state index contributed by atoms with van der Waals surface area (Å²) in [4.78, 5) is 0. The van der Waals surface area contributed by atoms with Gasteiger partial charge in [0.05, 0.1) is 13.2 Å². The smallest absolute Gasteiger partial charge is 0.273 e. The minimum Gasteiger partial charge on any atom is -0.369 e. The Morgan fingerprint density at radius 1 is 0.920 bits per heavy atom. The third kappa shape index (κ3) is 1.90. The molecule has 5 heterocycles. The summed E-state index contributed by atoms with van der Waals surface area (Å²) in [7, 11) is 0. The summed E-state index contributed by atoms with van der Waals surface area (Å²) in [5.41, 5.74) is 0.207. The van der Waals surface area contributed by atoms with Gasteiger partial charge in [0.25, 0.3) is 6.48 Å². The minimum absolute atomic E-state index is 0.129. The van der Waals surface area contributed by atoms with E-state index in [2.05, 4.69) is 12.1 Å². The van der Waals surface area contributed by atoms with E-state index in [4.69, 9.17) is 28.4 Å². The van der Waals surface area contributed by atoms with Crippen LogP contribution < -0.4 is 0 Å².